The third kappa shape index (κ3) is 3.81. The maximum absolute atomic E-state index is 13.8. The van der Waals surface area contributed by atoms with Crippen molar-refractivity contribution >= 4 is 11.7 Å². The molecule has 0 aliphatic carbocycles. The zero-order chi connectivity index (χ0) is 18.6. The van der Waals surface area contributed by atoms with Gasteiger partial charge < -0.3 is 14.4 Å². The number of carbonyl (C=O) groups excluding carboxylic acids is 1. The zero-order valence-electron chi connectivity index (χ0n) is 14.8. The second kappa shape index (κ2) is 7.57. The molecule has 0 saturated carbocycles. The minimum absolute atomic E-state index is 0.0459. The number of hydrogen-bond donors (Lipinski definition) is 0. The summed E-state index contributed by atoms with van der Waals surface area (Å²) in [7, 11) is 0. The summed E-state index contributed by atoms with van der Waals surface area (Å²) in [5, 5.41) is 0. The molecule has 2 aromatic heterocycles. The van der Waals surface area contributed by atoms with Gasteiger partial charge in [0.25, 0.3) is 0 Å². The molecule has 0 bridgehead atoms. The van der Waals surface area contributed by atoms with Crippen molar-refractivity contribution in [1.29, 1.82) is 0 Å². The molecule has 0 atom stereocenters. The van der Waals surface area contributed by atoms with Gasteiger partial charge in [0.2, 0.25) is 5.91 Å². The van der Waals surface area contributed by atoms with Crippen molar-refractivity contribution in [2.75, 3.05) is 31.1 Å². The first-order valence-electron chi connectivity index (χ1n) is 8.92. The number of anilines is 1. The Morgan fingerprint density at radius 2 is 1.67 bits per heavy atom. The van der Waals surface area contributed by atoms with Crippen molar-refractivity contribution in [1.82, 2.24) is 19.4 Å². The number of carbonyl (C=O) groups is 1. The first kappa shape index (κ1) is 17.2. The van der Waals surface area contributed by atoms with E-state index in [0.717, 1.165) is 11.6 Å². The Balaban J connectivity index is 1.38. The standard InChI is InChI=1S/C20H20FN5O/c21-17-6-2-1-5-16(17)13-20(27)26-11-9-25(10-12-26)19-14-18(22-15-23-19)24-7-3-4-8-24/h1-8,14-15H,9-13H2. The SMILES string of the molecule is O=C(Cc1ccccc1F)N1CCN(c2cc(-n3cccc3)ncn2)CC1. The molecule has 1 aliphatic heterocycles. The highest BCUT2D eigenvalue weighted by atomic mass is 19.1. The number of hydrogen-bond acceptors (Lipinski definition) is 4. The van der Waals surface area contributed by atoms with Crippen LogP contribution in [0.2, 0.25) is 0 Å². The molecule has 1 saturated heterocycles. The van der Waals surface area contributed by atoms with Crippen molar-refractivity contribution < 1.29 is 9.18 Å². The van der Waals surface area contributed by atoms with E-state index in [2.05, 4.69) is 14.9 Å². The van der Waals surface area contributed by atoms with Gasteiger partial charge in [0.15, 0.2) is 0 Å². The first-order valence-corrected chi connectivity index (χ1v) is 8.92. The molecule has 0 spiro atoms. The third-order valence-electron chi connectivity index (χ3n) is 4.76. The van der Waals surface area contributed by atoms with E-state index in [1.165, 1.54) is 6.07 Å². The van der Waals surface area contributed by atoms with Crippen LogP contribution in [0.1, 0.15) is 5.56 Å². The van der Waals surface area contributed by atoms with Crippen molar-refractivity contribution in [3.05, 3.63) is 72.6 Å². The van der Waals surface area contributed by atoms with Crippen LogP contribution in [0.25, 0.3) is 5.82 Å². The van der Waals surface area contributed by atoms with Gasteiger partial charge in [-0.1, -0.05) is 18.2 Å². The van der Waals surface area contributed by atoms with Crippen LogP contribution in [0.4, 0.5) is 10.2 Å². The lowest BCUT2D eigenvalue weighted by molar-refractivity contribution is -0.130. The quantitative estimate of drug-likeness (QED) is 0.712. The first-order chi connectivity index (χ1) is 13.2. The number of amides is 1. The second-order valence-electron chi connectivity index (χ2n) is 6.46. The molecule has 3 heterocycles. The lowest BCUT2D eigenvalue weighted by Gasteiger charge is -2.35. The molecule has 6 nitrogen and oxygen atoms in total. The second-order valence-corrected chi connectivity index (χ2v) is 6.46. The summed E-state index contributed by atoms with van der Waals surface area (Å²) in [4.78, 5) is 25.1. The molecule has 1 aromatic carbocycles. The van der Waals surface area contributed by atoms with Crippen LogP contribution in [-0.4, -0.2) is 51.5 Å². The maximum atomic E-state index is 13.8. The molecule has 1 fully saturated rings. The van der Waals surface area contributed by atoms with E-state index in [1.807, 2.05) is 35.2 Å². The van der Waals surface area contributed by atoms with Gasteiger partial charge >= 0.3 is 0 Å². The van der Waals surface area contributed by atoms with Crippen LogP contribution in [0, 0.1) is 5.82 Å². The summed E-state index contributed by atoms with van der Waals surface area (Å²) in [6.07, 6.45) is 5.52. The number of piperazine rings is 1. The summed E-state index contributed by atoms with van der Waals surface area (Å²) in [6, 6.07) is 12.3. The van der Waals surface area contributed by atoms with Crippen LogP contribution < -0.4 is 4.90 Å². The number of aromatic nitrogens is 3. The van der Waals surface area contributed by atoms with E-state index in [1.54, 1.807) is 29.4 Å². The van der Waals surface area contributed by atoms with Crippen LogP contribution in [0.5, 0.6) is 0 Å². The van der Waals surface area contributed by atoms with Gasteiger partial charge in [-0.3, -0.25) is 4.79 Å². The fraction of sp³-hybridized carbons (Fsp3) is 0.250. The van der Waals surface area contributed by atoms with E-state index in [-0.39, 0.29) is 18.1 Å². The number of nitrogens with zero attached hydrogens (tertiary/aromatic N) is 5. The average Bonchev–Trinajstić information content (AvgIpc) is 3.25. The molecule has 1 amide bonds. The van der Waals surface area contributed by atoms with Crippen molar-refractivity contribution in [3.8, 4) is 5.82 Å². The summed E-state index contributed by atoms with van der Waals surface area (Å²) < 4.78 is 15.7. The lowest BCUT2D eigenvalue weighted by atomic mass is 10.1. The summed E-state index contributed by atoms with van der Waals surface area (Å²) in [6.45, 7) is 2.56. The molecule has 138 valence electrons. The van der Waals surface area contributed by atoms with Crippen LogP contribution >= 0.6 is 0 Å². The van der Waals surface area contributed by atoms with Gasteiger partial charge in [0.05, 0.1) is 6.42 Å². The average molecular weight is 365 g/mol. The van der Waals surface area contributed by atoms with Crippen LogP contribution in [0.15, 0.2) is 61.2 Å². The Bertz CT molecular complexity index is 920. The predicted molar refractivity (Wildman–Crippen MR) is 100 cm³/mol. The molecule has 7 heteroatoms. The molecular weight excluding hydrogens is 345 g/mol. The van der Waals surface area contributed by atoms with Gasteiger partial charge in [-0.2, -0.15) is 0 Å². The van der Waals surface area contributed by atoms with Gasteiger partial charge in [0.1, 0.15) is 23.8 Å². The summed E-state index contributed by atoms with van der Waals surface area (Å²) >= 11 is 0. The summed E-state index contributed by atoms with van der Waals surface area (Å²) in [5.74, 6) is 1.27. The van der Waals surface area contributed by atoms with Crippen LogP contribution in [0.3, 0.4) is 0 Å². The fourth-order valence-corrected chi connectivity index (χ4v) is 3.24. The molecular formula is C20H20FN5O. The lowest BCUT2D eigenvalue weighted by Crippen LogP contribution is -2.49. The Hall–Kier alpha value is -3.22. The molecule has 27 heavy (non-hydrogen) atoms. The largest absolute Gasteiger partial charge is 0.353 e. The molecule has 0 N–H and O–H groups in total. The third-order valence-corrected chi connectivity index (χ3v) is 4.76. The fourth-order valence-electron chi connectivity index (χ4n) is 3.24. The topological polar surface area (TPSA) is 54.3 Å². The molecule has 3 aromatic rings. The van der Waals surface area contributed by atoms with Gasteiger partial charge in [-0.25, -0.2) is 14.4 Å². The zero-order valence-corrected chi connectivity index (χ0v) is 14.8. The minimum Gasteiger partial charge on any atom is -0.353 e. The van der Waals surface area contributed by atoms with Gasteiger partial charge in [0, 0.05) is 44.6 Å². The Morgan fingerprint density at radius 1 is 0.963 bits per heavy atom. The minimum atomic E-state index is -0.331. The monoisotopic (exact) mass is 365 g/mol. The smallest absolute Gasteiger partial charge is 0.227 e. The van der Waals surface area contributed by atoms with Gasteiger partial charge in [-0.15, -0.1) is 0 Å². The normalized spacial score (nSPS) is 14.4. The highest BCUT2D eigenvalue weighted by Crippen LogP contribution is 2.17. The number of benzene rings is 1. The van der Waals surface area contributed by atoms with Crippen molar-refractivity contribution in [3.63, 3.8) is 0 Å². The Morgan fingerprint density at radius 3 is 2.41 bits per heavy atom. The summed E-state index contributed by atoms with van der Waals surface area (Å²) in [5.41, 5.74) is 0.442. The van der Waals surface area contributed by atoms with Crippen LogP contribution in [-0.2, 0) is 11.2 Å². The van der Waals surface area contributed by atoms with E-state index >= 15 is 0 Å². The molecule has 1 aliphatic rings. The van der Waals surface area contributed by atoms with Gasteiger partial charge in [-0.05, 0) is 23.8 Å². The molecule has 0 radical (unpaired) electrons. The number of rotatable bonds is 4. The van der Waals surface area contributed by atoms with Crippen molar-refractivity contribution in [2.24, 2.45) is 0 Å². The highest BCUT2D eigenvalue weighted by Gasteiger charge is 2.23. The molecule has 0 unspecified atom stereocenters. The van der Waals surface area contributed by atoms with E-state index in [4.69, 9.17) is 0 Å². The van der Waals surface area contributed by atoms with E-state index in [0.29, 0.717) is 31.7 Å². The Labute approximate surface area is 156 Å². The maximum Gasteiger partial charge on any atom is 0.227 e. The number of halogens is 1. The predicted octanol–water partition coefficient (Wildman–Crippen LogP) is 2.30. The van der Waals surface area contributed by atoms with E-state index in [9.17, 15) is 9.18 Å². The van der Waals surface area contributed by atoms with E-state index < -0.39 is 0 Å². The Kier molecular flexibility index (Phi) is 4.82. The molecule has 4 rings (SSSR count). The van der Waals surface area contributed by atoms with Crippen molar-refractivity contribution in [2.45, 2.75) is 6.42 Å². The highest BCUT2D eigenvalue weighted by molar-refractivity contribution is 5.79.